The Morgan fingerprint density at radius 1 is 1.50 bits per heavy atom. The molecule has 18 heavy (non-hydrogen) atoms. The van der Waals surface area contributed by atoms with E-state index < -0.39 is 7.25 Å². The van der Waals surface area contributed by atoms with Gasteiger partial charge in [-0.25, -0.2) is 15.0 Å². The van der Waals surface area contributed by atoms with Crippen LogP contribution in [0.1, 0.15) is 0 Å². The maximum absolute atomic E-state index is 10.8. The molecule has 1 atom stereocenters. The topological polar surface area (TPSA) is 116 Å². The summed E-state index contributed by atoms with van der Waals surface area (Å²) in [6.07, 6.45) is 2.52. The summed E-state index contributed by atoms with van der Waals surface area (Å²) in [6.45, 7) is 0.643. The second kappa shape index (κ2) is 5.05. The van der Waals surface area contributed by atoms with E-state index in [2.05, 4.69) is 15.0 Å². The molecule has 0 amide bonds. The first kappa shape index (κ1) is 13.0. The van der Waals surface area contributed by atoms with Crippen LogP contribution in [0.15, 0.2) is 12.7 Å². The van der Waals surface area contributed by atoms with Crippen LogP contribution < -0.4 is 5.73 Å². The summed E-state index contributed by atoms with van der Waals surface area (Å²) in [5, 5.41) is 0. The number of aromatic nitrogens is 4. The summed E-state index contributed by atoms with van der Waals surface area (Å²) in [7, 11) is 1.31. The van der Waals surface area contributed by atoms with Crippen molar-refractivity contribution in [3.63, 3.8) is 0 Å². The van der Waals surface area contributed by atoms with E-state index in [1.54, 1.807) is 10.9 Å². The number of hydrogen-bond acceptors (Lipinski definition) is 6. The van der Waals surface area contributed by atoms with Crippen molar-refractivity contribution >= 4 is 31.8 Å². The SMILES string of the molecule is [B]P(=O)(O)COCCn1cnc2c(N)ncnc21. The molecule has 0 aliphatic heterocycles. The molecule has 0 fully saturated rings. The minimum atomic E-state index is -3.62. The van der Waals surface area contributed by atoms with E-state index in [0.717, 1.165) is 0 Å². The van der Waals surface area contributed by atoms with E-state index >= 15 is 0 Å². The van der Waals surface area contributed by atoms with Gasteiger partial charge in [-0.2, -0.15) is 0 Å². The van der Waals surface area contributed by atoms with Gasteiger partial charge in [0.15, 0.2) is 18.7 Å². The Morgan fingerprint density at radius 3 is 3.00 bits per heavy atom. The molecule has 2 aromatic heterocycles. The van der Waals surface area contributed by atoms with E-state index in [9.17, 15) is 4.57 Å². The number of ether oxygens (including phenoxy) is 1. The molecule has 3 N–H and O–H groups in total. The molecule has 0 bridgehead atoms. The number of hydrogen-bond donors (Lipinski definition) is 2. The molecule has 0 aliphatic carbocycles. The maximum atomic E-state index is 10.8. The third-order valence-electron chi connectivity index (χ3n) is 2.18. The molecule has 8 nitrogen and oxygen atoms in total. The Kier molecular flexibility index (Phi) is 3.65. The molecular weight excluding hydrogens is 256 g/mol. The molecule has 2 aromatic rings. The Bertz CT molecular complexity index is 597. The standard InChI is InChI=1S/C8H11BN5O3P/c9-18(15,16)5-17-2-1-14-4-13-6-7(10)11-3-12-8(6)14/h3-4H,1-2,5H2,(H,15,16)(H2,10,11,12). The third-order valence-corrected chi connectivity index (χ3v) is 2.73. The number of rotatable bonds is 5. The first-order valence-corrected chi connectivity index (χ1v) is 6.98. The second-order valence-corrected chi connectivity index (χ2v) is 5.43. The van der Waals surface area contributed by atoms with E-state index in [4.69, 9.17) is 22.9 Å². The third kappa shape index (κ3) is 3.07. The highest BCUT2D eigenvalue weighted by Crippen LogP contribution is 2.32. The lowest BCUT2D eigenvalue weighted by Crippen LogP contribution is -2.07. The van der Waals surface area contributed by atoms with Gasteiger partial charge in [0.2, 0.25) is 7.57 Å². The fourth-order valence-corrected chi connectivity index (χ4v) is 1.81. The summed E-state index contributed by atoms with van der Waals surface area (Å²) in [5.41, 5.74) is 6.74. The summed E-state index contributed by atoms with van der Waals surface area (Å²) >= 11 is 0. The number of imidazole rings is 1. The van der Waals surface area contributed by atoms with Gasteiger partial charge in [0.25, 0.3) is 0 Å². The second-order valence-electron chi connectivity index (χ2n) is 3.66. The molecule has 0 saturated heterocycles. The van der Waals surface area contributed by atoms with Gasteiger partial charge in [-0.05, 0) is 0 Å². The fraction of sp³-hybridized carbons (Fsp3) is 0.375. The number of anilines is 1. The van der Waals surface area contributed by atoms with Crippen LogP contribution in [0.3, 0.4) is 0 Å². The molecule has 2 radical (unpaired) electrons. The van der Waals surface area contributed by atoms with Gasteiger partial charge in [0.05, 0.1) is 12.9 Å². The van der Waals surface area contributed by atoms with Crippen LogP contribution >= 0.6 is 7.25 Å². The quantitative estimate of drug-likeness (QED) is 0.435. The van der Waals surface area contributed by atoms with E-state index in [-0.39, 0.29) is 13.0 Å². The van der Waals surface area contributed by atoms with Gasteiger partial charge in [-0.15, -0.1) is 0 Å². The van der Waals surface area contributed by atoms with Gasteiger partial charge in [0.1, 0.15) is 18.2 Å². The molecule has 1 unspecified atom stereocenters. The van der Waals surface area contributed by atoms with Crippen molar-refractivity contribution in [2.45, 2.75) is 6.54 Å². The minimum Gasteiger partial charge on any atom is -0.382 e. The minimum absolute atomic E-state index is 0.219. The normalized spacial score (nSPS) is 14.7. The predicted molar refractivity (Wildman–Crippen MR) is 66.1 cm³/mol. The fourth-order valence-electron chi connectivity index (χ4n) is 1.42. The number of nitrogens with two attached hydrogens (primary N) is 1. The average Bonchev–Trinajstić information content (AvgIpc) is 2.68. The van der Waals surface area contributed by atoms with Crippen LogP contribution in [0.2, 0.25) is 0 Å². The predicted octanol–water partition coefficient (Wildman–Crippen LogP) is -0.264. The highest BCUT2D eigenvalue weighted by Gasteiger charge is 2.10. The number of nitrogens with zero attached hydrogens (tertiary/aromatic N) is 4. The van der Waals surface area contributed by atoms with Crippen LogP contribution in [0.25, 0.3) is 11.2 Å². The van der Waals surface area contributed by atoms with Crippen molar-refractivity contribution in [2.24, 2.45) is 0 Å². The molecule has 2 rings (SSSR count). The van der Waals surface area contributed by atoms with E-state index in [1.165, 1.54) is 6.33 Å². The zero-order chi connectivity index (χ0) is 13.2. The monoisotopic (exact) mass is 267 g/mol. The highest BCUT2D eigenvalue weighted by molar-refractivity contribution is 7.82. The van der Waals surface area contributed by atoms with Crippen molar-refractivity contribution in [3.8, 4) is 0 Å². The molecule has 94 valence electrons. The Labute approximate surface area is 104 Å². The van der Waals surface area contributed by atoms with Gasteiger partial charge >= 0.3 is 0 Å². The molecule has 0 aromatic carbocycles. The zero-order valence-corrected chi connectivity index (χ0v) is 10.3. The van der Waals surface area contributed by atoms with Crippen LogP contribution in [0.4, 0.5) is 5.82 Å². The smallest absolute Gasteiger partial charge is 0.205 e. The number of fused-ring (bicyclic) bond motifs is 1. The molecule has 0 spiro atoms. The van der Waals surface area contributed by atoms with E-state index in [0.29, 0.717) is 23.5 Å². The maximum Gasteiger partial charge on any atom is 0.205 e. The zero-order valence-electron chi connectivity index (χ0n) is 9.43. The summed E-state index contributed by atoms with van der Waals surface area (Å²) < 4.78 is 17.5. The van der Waals surface area contributed by atoms with Gasteiger partial charge in [-0.1, -0.05) is 0 Å². The van der Waals surface area contributed by atoms with Crippen molar-refractivity contribution in [1.29, 1.82) is 0 Å². The van der Waals surface area contributed by atoms with Gasteiger partial charge < -0.3 is 24.5 Å². The van der Waals surface area contributed by atoms with Gasteiger partial charge in [0, 0.05) is 6.54 Å². The van der Waals surface area contributed by atoms with Crippen LogP contribution in [0, 0.1) is 0 Å². The highest BCUT2D eigenvalue weighted by atomic mass is 31.2. The average molecular weight is 267 g/mol. The van der Waals surface area contributed by atoms with Crippen molar-refractivity contribution in [2.75, 3.05) is 18.7 Å². The molecule has 10 heteroatoms. The Balaban J connectivity index is 2.00. The largest absolute Gasteiger partial charge is 0.382 e. The Hall–Kier alpha value is -1.44. The summed E-state index contributed by atoms with van der Waals surface area (Å²) in [4.78, 5) is 20.8. The van der Waals surface area contributed by atoms with Gasteiger partial charge in [-0.3, -0.25) is 0 Å². The lowest BCUT2D eigenvalue weighted by Gasteiger charge is -2.08. The molecular formula is C8H11BN5O3P. The number of nitrogen functional groups attached to an aromatic ring is 1. The van der Waals surface area contributed by atoms with Crippen molar-refractivity contribution in [1.82, 2.24) is 19.5 Å². The lowest BCUT2D eigenvalue weighted by molar-refractivity contribution is 0.162. The van der Waals surface area contributed by atoms with Crippen LogP contribution in [0.5, 0.6) is 0 Å². The summed E-state index contributed by atoms with van der Waals surface area (Å²) in [6, 6.07) is 0. The molecule has 0 aliphatic rings. The van der Waals surface area contributed by atoms with Crippen LogP contribution in [-0.4, -0.2) is 44.9 Å². The lowest BCUT2D eigenvalue weighted by atomic mass is 10.5. The molecule has 2 heterocycles. The van der Waals surface area contributed by atoms with Crippen molar-refractivity contribution in [3.05, 3.63) is 12.7 Å². The van der Waals surface area contributed by atoms with Crippen molar-refractivity contribution < 1.29 is 14.2 Å². The van der Waals surface area contributed by atoms with E-state index in [1.807, 2.05) is 0 Å². The first-order chi connectivity index (χ1) is 8.47. The molecule has 0 saturated carbocycles. The van der Waals surface area contributed by atoms with Crippen LogP contribution in [-0.2, 0) is 15.8 Å². The summed E-state index contributed by atoms with van der Waals surface area (Å²) in [5.74, 6) is 0.307. The first-order valence-electron chi connectivity index (χ1n) is 5.07. The Morgan fingerprint density at radius 2 is 2.28 bits per heavy atom.